The summed E-state index contributed by atoms with van der Waals surface area (Å²) in [6, 6.07) is 9.68. The molecular weight excluding hydrogens is 502 g/mol. The largest absolute Gasteiger partial charge is 0.444 e. The number of amides is 3. The number of alkyl carbamates (subject to hydrolysis) is 1. The highest BCUT2D eigenvalue weighted by Crippen LogP contribution is 2.31. The predicted octanol–water partition coefficient (Wildman–Crippen LogP) is 7.17. The van der Waals surface area contributed by atoms with Gasteiger partial charge in [-0.1, -0.05) is 63.6 Å². The van der Waals surface area contributed by atoms with Crippen molar-refractivity contribution in [2.24, 2.45) is 5.92 Å². The Morgan fingerprint density at radius 2 is 1.48 bits per heavy atom. The molecule has 3 amide bonds. The van der Waals surface area contributed by atoms with Crippen molar-refractivity contribution in [2.75, 3.05) is 5.32 Å². The molecule has 0 spiro atoms. The Bertz CT molecular complexity index is 1180. The SMILES string of the molecule is CCC(C)C(NC(=O)OC(C)(C)C)C(=O)N(C(C)CC)C(C(=O)Nc1c(C)cccc1C)c1ccc(C)c(C)c1. The number of ether oxygens (including phenoxy) is 1. The van der Waals surface area contributed by atoms with Crippen LogP contribution in [0.2, 0.25) is 0 Å². The third-order valence-electron chi connectivity index (χ3n) is 7.57. The fraction of sp³-hybridized carbons (Fsp3) is 0.545. The molecule has 0 aliphatic heterocycles. The lowest BCUT2D eigenvalue weighted by atomic mass is 9.93. The summed E-state index contributed by atoms with van der Waals surface area (Å²) in [6.07, 6.45) is 0.630. The van der Waals surface area contributed by atoms with E-state index in [1.807, 2.05) is 91.8 Å². The second kappa shape index (κ2) is 13.8. The Morgan fingerprint density at radius 1 is 0.875 bits per heavy atom. The molecule has 220 valence electrons. The molecule has 4 atom stereocenters. The standard InChI is InChI=1S/C33H49N3O4/c1-12-20(3)28(35-32(39)40-33(9,10)11)31(38)36(25(8)13-2)29(26-18-17-21(4)24(7)19-26)30(37)34-27-22(5)15-14-16-23(27)6/h14-20,25,28-29H,12-13H2,1-11H3,(H,34,37)(H,35,39). The number of hydrogen-bond donors (Lipinski definition) is 2. The molecule has 7 nitrogen and oxygen atoms in total. The van der Waals surface area contributed by atoms with Crippen LogP contribution in [0.5, 0.6) is 0 Å². The van der Waals surface area contributed by atoms with Crippen molar-refractivity contribution < 1.29 is 19.1 Å². The molecule has 0 heterocycles. The van der Waals surface area contributed by atoms with E-state index in [1.165, 1.54) is 0 Å². The smallest absolute Gasteiger partial charge is 0.408 e. The lowest BCUT2D eigenvalue weighted by molar-refractivity contribution is -0.144. The third-order valence-corrected chi connectivity index (χ3v) is 7.57. The molecule has 0 saturated heterocycles. The highest BCUT2D eigenvalue weighted by molar-refractivity contribution is 6.00. The number of carbonyl (C=O) groups excluding carboxylic acids is 3. The van der Waals surface area contributed by atoms with Gasteiger partial charge in [-0.05, 0) is 95.5 Å². The quantitative estimate of drug-likeness (QED) is 0.328. The molecule has 0 saturated carbocycles. The van der Waals surface area contributed by atoms with E-state index in [4.69, 9.17) is 4.74 Å². The number of benzene rings is 2. The second-order valence-electron chi connectivity index (χ2n) is 12.0. The number of carbonyl (C=O) groups is 3. The van der Waals surface area contributed by atoms with E-state index in [1.54, 1.807) is 25.7 Å². The first-order valence-electron chi connectivity index (χ1n) is 14.4. The summed E-state index contributed by atoms with van der Waals surface area (Å²) >= 11 is 0. The first kappa shape index (κ1) is 32.9. The molecule has 2 rings (SSSR count). The van der Waals surface area contributed by atoms with Crippen molar-refractivity contribution in [3.8, 4) is 0 Å². The van der Waals surface area contributed by atoms with Gasteiger partial charge in [-0.25, -0.2) is 4.79 Å². The number of para-hydroxylation sites is 1. The Balaban J connectivity index is 2.67. The Labute approximate surface area is 241 Å². The van der Waals surface area contributed by atoms with Crippen LogP contribution in [0.15, 0.2) is 36.4 Å². The number of nitrogens with one attached hydrogen (secondary N) is 2. The minimum Gasteiger partial charge on any atom is -0.444 e. The van der Waals surface area contributed by atoms with Crippen LogP contribution in [0.1, 0.15) is 95.2 Å². The van der Waals surface area contributed by atoms with Crippen LogP contribution in [0, 0.1) is 33.6 Å². The van der Waals surface area contributed by atoms with Gasteiger partial charge in [0.2, 0.25) is 5.91 Å². The summed E-state index contributed by atoms with van der Waals surface area (Å²) in [5, 5.41) is 5.97. The van der Waals surface area contributed by atoms with Crippen LogP contribution in [-0.2, 0) is 14.3 Å². The maximum atomic E-state index is 14.5. The van der Waals surface area contributed by atoms with Gasteiger partial charge in [0.1, 0.15) is 17.7 Å². The minimum atomic E-state index is -0.909. The van der Waals surface area contributed by atoms with Gasteiger partial charge in [0.05, 0.1) is 0 Å². The van der Waals surface area contributed by atoms with E-state index in [0.29, 0.717) is 12.8 Å². The van der Waals surface area contributed by atoms with Crippen LogP contribution in [0.4, 0.5) is 10.5 Å². The Morgan fingerprint density at radius 3 is 1.98 bits per heavy atom. The zero-order valence-electron chi connectivity index (χ0n) is 26.3. The lowest BCUT2D eigenvalue weighted by Crippen LogP contribution is -2.56. The lowest BCUT2D eigenvalue weighted by Gasteiger charge is -2.39. The molecule has 4 unspecified atom stereocenters. The van der Waals surface area contributed by atoms with E-state index in [9.17, 15) is 14.4 Å². The number of hydrogen-bond acceptors (Lipinski definition) is 4. The zero-order valence-corrected chi connectivity index (χ0v) is 26.3. The molecule has 0 bridgehead atoms. The van der Waals surface area contributed by atoms with E-state index < -0.39 is 23.8 Å². The maximum absolute atomic E-state index is 14.5. The molecule has 0 radical (unpaired) electrons. The fourth-order valence-corrected chi connectivity index (χ4v) is 4.65. The molecule has 0 aromatic heterocycles. The topological polar surface area (TPSA) is 87.7 Å². The van der Waals surface area contributed by atoms with Gasteiger partial charge in [-0.15, -0.1) is 0 Å². The molecular formula is C33H49N3O4. The van der Waals surface area contributed by atoms with E-state index in [2.05, 4.69) is 10.6 Å². The normalized spacial score (nSPS) is 14.5. The maximum Gasteiger partial charge on any atom is 0.408 e. The Hall–Kier alpha value is -3.35. The van der Waals surface area contributed by atoms with Crippen LogP contribution >= 0.6 is 0 Å². The zero-order chi connectivity index (χ0) is 30.4. The van der Waals surface area contributed by atoms with Gasteiger partial charge in [0, 0.05) is 11.7 Å². The van der Waals surface area contributed by atoms with E-state index >= 15 is 0 Å². The van der Waals surface area contributed by atoms with Crippen molar-refractivity contribution in [3.05, 3.63) is 64.2 Å². The van der Waals surface area contributed by atoms with E-state index in [-0.39, 0.29) is 23.8 Å². The van der Waals surface area contributed by atoms with Crippen molar-refractivity contribution >= 4 is 23.6 Å². The second-order valence-corrected chi connectivity index (χ2v) is 12.0. The van der Waals surface area contributed by atoms with Crippen molar-refractivity contribution in [3.63, 3.8) is 0 Å². The summed E-state index contributed by atoms with van der Waals surface area (Å²) in [7, 11) is 0. The average molecular weight is 552 g/mol. The van der Waals surface area contributed by atoms with Gasteiger partial charge in [-0.2, -0.15) is 0 Å². The molecule has 2 aromatic carbocycles. The monoisotopic (exact) mass is 551 g/mol. The summed E-state index contributed by atoms with van der Waals surface area (Å²) in [5.74, 6) is -0.794. The van der Waals surface area contributed by atoms with Crippen LogP contribution in [0.3, 0.4) is 0 Å². The molecule has 40 heavy (non-hydrogen) atoms. The molecule has 0 fully saturated rings. The minimum absolute atomic E-state index is 0.186. The number of aryl methyl sites for hydroxylation is 4. The van der Waals surface area contributed by atoms with Crippen molar-refractivity contribution in [2.45, 2.75) is 113 Å². The Kier molecular flexibility index (Phi) is 11.4. The summed E-state index contributed by atoms with van der Waals surface area (Å²) in [5.41, 5.74) is 4.77. The van der Waals surface area contributed by atoms with Crippen molar-refractivity contribution in [1.82, 2.24) is 10.2 Å². The van der Waals surface area contributed by atoms with Crippen molar-refractivity contribution in [1.29, 1.82) is 0 Å². The molecule has 7 heteroatoms. The third kappa shape index (κ3) is 8.33. The molecule has 2 aromatic rings. The highest BCUT2D eigenvalue weighted by Gasteiger charge is 2.40. The summed E-state index contributed by atoms with van der Waals surface area (Å²) in [6.45, 7) is 21.1. The number of anilines is 1. The van der Waals surface area contributed by atoms with Crippen LogP contribution in [-0.4, -0.2) is 40.5 Å². The molecule has 2 N–H and O–H groups in total. The number of nitrogens with zero attached hydrogens (tertiary/aromatic N) is 1. The van der Waals surface area contributed by atoms with Gasteiger partial charge >= 0.3 is 6.09 Å². The highest BCUT2D eigenvalue weighted by atomic mass is 16.6. The first-order chi connectivity index (χ1) is 18.6. The summed E-state index contributed by atoms with van der Waals surface area (Å²) < 4.78 is 5.51. The van der Waals surface area contributed by atoms with Crippen LogP contribution < -0.4 is 10.6 Å². The van der Waals surface area contributed by atoms with Crippen LogP contribution in [0.25, 0.3) is 0 Å². The fourth-order valence-electron chi connectivity index (χ4n) is 4.65. The summed E-state index contributed by atoms with van der Waals surface area (Å²) in [4.78, 5) is 43.2. The molecule has 0 aliphatic rings. The van der Waals surface area contributed by atoms with Gasteiger partial charge < -0.3 is 20.3 Å². The molecule has 0 aliphatic carbocycles. The number of rotatable bonds is 10. The van der Waals surface area contributed by atoms with Gasteiger partial charge in [-0.3, -0.25) is 9.59 Å². The van der Waals surface area contributed by atoms with E-state index in [0.717, 1.165) is 33.5 Å². The van der Waals surface area contributed by atoms with Gasteiger partial charge in [0.25, 0.3) is 5.91 Å². The van der Waals surface area contributed by atoms with Gasteiger partial charge in [0.15, 0.2) is 0 Å². The average Bonchev–Trinajstić information content (AvgIpc) is 2.87. The first-order valence-corrected chi connectivity index (χ1v) is 14.4. The predicted molar refractivity (Wildman–Crippen MR) is 162 cm³/mol.